The summed E-state index contributed by atoms with van der Waals surface area (Å²) in [5.41, 5.74) is 10.8. The number of hydrogen-bond donors (Lipinski definition) is 2. The molecule has 0 spiro atoms. The van der Waals surface area contributed by atoms with Crippen molar-refractivity contribution in [3.63, 3.8) is 0 Å². The number of rotatable bonds is 6. The minimum Gasteiger partial charge on any atom is -0.380 e. The van der Waals surface area contributed by atoms with Gasteiger partial charge in [0, 0.05) is 23.7 Å². The van der Waals surface area contributed by atoms with E-state index in [-0.39, 0.29) is 11.8 Å². The number of nitrogens with one attached hydrogen (secondary N) is 1. The Hall–Kier alpha value is -1.92. The number of thiazole rings is 1. The summed E-state index contributed by atoms with van der Waals surface area (Å²) in [6, 6.07) is 8.48. The third-order valence-corrected chi connectivity index (χ3v) is 5.47. The van der Waals surface area contributed by atoms with Crippen molar-refractivity contribution < 1.29 is 4.79 Å². The normalized spacial score (nSPS) is 18.5. The number of amides is 1. The number of benzene rings is 1. The van der Waals surface area contributed by atoms with Gasteiger partial charge in [0.1, 0.15) is 0 Å². The minimum absolute atomic E-state index is 0.00522. The maximum Gasteiger partial charge on any atom is 0.221 e. The lowest BCUT2D eigenvalue weighted by atomic mass is 9.97. The molecule has 1 amide bonds. The Morgan fingerprint density at radius 3 is 3.12 bits per heavy atom. The summed E-state index contributed by atoms with van der Waals surface area (Å²) in [5, 5.41) is 3.47. The molecule has 0 radical (unpaired) electrons. The molecule has 1 saturated heterocycles. The molecular formula is C18H24N4OS. The lowest BCUT2D eigenvalue weighted by molar-refractivity contribution is -0.123. The Morgan fingerprint density at radius 2 is 2.38 bits per heavy atom. The zero-order valence-corrected chi connectivity index (χ0v) is 14.8. The standard InChI is InChI=1S/C18H24N4OS/c1-13-17(24-12-21-13)9-20-16-6-2-4-14(8-16)10-22-7-3-5-15(11-22)18(19)23/h2,4,6,8,12,15,20H,3,5,7,9-11H2,1H3,(H2,19,23)/t15-/m0/s1. The number of primary amides is 1. The molecule has 1 aliphatic heterocycles. The van der Waals surface area contributed by atoms with Gasteiger partial charge in [-0.05, 0) is 44.0 Å². The minimum atomic E-state index is -0.171. The quantitative estimate of drug-likeness (QED) is 0.845. The second-order valence-electron chi connectivity index (χ2n) is 6.39. The van der Waals surface area contributed by atoms with Gasteiger partial charge in [0.25, 0.3) is 0 Å². The zero-order chi connectivity index (χ0) is 16.9. The van der Waals surface area contributed by atoms with Crippen LogP contribution in [0.4, 0.5) is 5.69 Å². The third-order valence-electron chi connectivity index (χ3n) is 4.54. The highest BCUT2D eigenvalue weighted by Crippen LogP contribution is 2.20. The van der Waals surface area contributed by atoms with E-state index in [1.165, 1.54) is 10.4 Å². The van der Waals surface area contributed by atoms with Gasteiger partial charge in [-0.25, -0.2) is 4.98 Å². The first-order valence-corrected chi connectivity index (χ1v) is 9.23. The van der Waals surface area contributed by atoms with Crippen LogP contribution in [0.1, 0.15) is 29.0 Å². The predicted octanol–water partition coefficient (Wildman–Crippen LogP) is 2.76. The highest BCUT2D eigenvalue weighted by Gasteiger charge is 2.23. The SMILES string of the molecule is Cc1ncsc1CNc1cccc(CN2CCC[C@H](C(N)=O)C2)c1. The van der Waals surface area contributed by atoms with E-state index in [9.17, 15) is 4.79 Å². The van der Waals surface area contributed by atoms with Gasteiger partial charge in [-0.1, -0.05) is 12.1 Å². The number of carbonyl (C=O) groups is 1. The molecule has 3 N–H and O–H groups in total. The van der Waals surface area contributed by atoms with E-state index in [1.54, 1.807) is 11.3 Å². The molecule has 0 aliphatic carbocycles. The van der Waals surface area contributed by atoms with Crippen molar-refractivity contribution in [3.05, 3.63) is 45.9 Å². The van der Waals surface area contributed by atoms with Crippen LogP contribution in [0.15, 0.2) is 29.8 Å². The summed E-state index contributed by atoms with van der Waals surface area (Å²) < 4.78 is 0. The van der Waals surface area contributed by atoms with E-state index in [4.69, 9.17) is 5.73 Å². The molecule has 5 nitrogen and oxygen atoms in total. The molecule has 0 unspecified atom stereocenters. The van der Waals surface area contributed by atoms with Gasteiger partial charge in [-0.2, -0.15) is 0 Å². The second-order valence-corrected chi connectivity index (χ2v) is 7.33. The highest BCUT2D eigenvalue weighted by atomic mass is 32.1. The van der Waals surface area contributed by atoms with Crippen LogP contribution in [0.2, 0.25) is 0 Å². The van der Waals surface area contributed by atoms with E-state index < -0.39 is 0 Å². The molecule has 6 heteroatoms. The lowest BCUT2D eigenvalue weighted by Gasteiger charge is -2.31. The van der Waals surface area contributed by atoms with Gasteiger partial charge in [-0.3, -0.25) is 9.69 Å². The molecule has 24 heavy (non-hydrogen) atoms. The highest BCUT2D eigenvalue weighted by molar-refractivity contribution is 7.09. The smallest absolute Gasteiger partial charge is 0.221 e. The summed E-state index contributed by atoms with van der Waals surface area (Å²) in [4.78, 5) is 19.3. The van der Waals surface area contributed by atoms with Crippen LogP contribution >= 0.6 is 11.3 Å². The molecule has 2 heterocycles. The second kappa shape index (κ2) is 7.77. The first-order chi connectivity index (χ1) is 11.6. The van der Waals surface area contributed by atoms with Crippen LogP contribution in [0.3, 0.4) is 0 Å². The van der Waals surface area contributed by atoms with Gasteiger partial charge >= 0.3 is 0 Å². The Labute approximate surface area is 146 Å². The Morgan fingerprint density at radius 1 is 1.50 bits per heavy atom. The van der Waals surface area contributed by atoms with Gasteiger partial charge in [0.15, 0.2) is 0 Å². The summed E-state index contributed by atoms with van der Waals surface area (Å²) in [6.07, 6.45) is 1.96. The summed E-state index contributed by atoms with van der Waals surface area (Å²) in [7, 11) is 0. The number of aromatic nitrogens is 1. The number of likely N-dealkylation sites (tertiary alicyclic amines) is 1. The molecule has 3 rings (SSSR count). The maximum absolute atomic E-state index is 11.4. The largest absolute Gasteiger partial charge is 0.380 e. The molecule has 0 bridgehead atoms. The van der Waals surface area contributed by atoms with E-state index in [0.29, 0.717) is 0 Å². The van der Waals surface area contributed by atoms with E-state index >= 15 is 0 Å². The Bertz CT molecular complexity index is 700. The topological polar surface area (TPSA) is 71.2 Å². The van der Waals surface area contributed by atoms with Crippen molar-refractivity contribution in [2.45, 2.75) is 32.9 Å². The summed E-state index contributed by atoms with van der Waals surface area (Å²) in [6.45, 7) is 5.50. The predicted molar refractivity (Wildman–Crippen MR) is 97.8 cm³/mol. The number of anilines is 1. The fraction of sp³-hybridized carbons (Fsp3) is 0.444. The van der Waals surface area contributed by atoms with Crippen LogP contribution in [-0.4, -0.2) is 28.9 Å². The lowest BCUT2D eigenvalue weighted by Crippen LogP contribution is -2.40. The Kier molecular flexibility index (Phi) is 5.48. The molecule has 1 atom stereocenters. The number of piperidine rings is 1. The van der Waals surface area contributed by atoms with Crippen LogP contribution in [0, 0.1) is 12.8 Å². The molecule has 1 aromatic heterocycles. The summed E-state index contributed by atoms with van der Waals surface area (Å²) >= 11 is 1.68. The number of nitrogens with two attached hydrogens (primary N) is 1. The van der Waals surface area contributed by atoms with Crippen LogP contribution in [0.25, 0.3) is 0 Å². The van der Waals surface area contributed by atoms with Crippen molar-refractivity contribution in [2.24, 2.45) is 11.7 Å². The van der Waals surface area contributed by atoms with E-state index in [2.05, 4.69) is 39.5 Å². The number of hydrogen-bond acceptors (Lipinski definition) is 5. The first-order valence-electron chi connectivity index (χ1n) is 8.35. The van der Waals surface area contributed by atoms with Crippen molar-refractivity contribution in [2.75, 3.05) is 18.4 Å². The molecule has 2 aromatic rings. The fourth-order valence-corrected chi connectivity index (χ4v) is 3.86. The first kappa shape index (κ1) is 16.9. The molecule has 1 aliphatic rings. The van der Waals surface area contributed by atoms with Gasteiger partial charge < -0.3 is 11.1 Å². The van der Waals surface area contributed by atoms with Crippen LogP contribution in [0.5, 0.6) is 0 Å². The van der Waals surface area contributed by atoms with Crippen LogP contribution < -0.4 is 11.1 Å². The van der Waals surface area contributed by atoms with Gasteiger partial charge in [0.2, 0.25) is 5.91 Å². The van der Waals surface area contributed by atoms with E-state index in [0.717, 1.165) is 50.4 Å². The average molecular weight is 344 g/mol. The number of aryl methyl sites for hydroxylation is 1. The van der Waals surface area contributed by atoms with Crippen molar-refractivity contribution >= 4 is 22.9 Å². The fourth-order valence-electron chi connectivity index (χ4n) is 3.15. The molecule has 1 fully saturated rings. The number of nitrogens with zero attached hydrogens (tertiary/aromatic N) is 2. The molecule has 128 valence electrons. The summed E-state index contributed by atoms with van der Waals surface area (Å²) in [5.74, 6) is -0.176. The number of carbonyl (C=O) groups excluding carboxylic acids is 1. The monoisotopic (exact) mass is 344 g/mol. The molecular weight excluding hydrogens is 320 g/mol. The Balaban J connectivity index is 1.58. The van der Waals surface area contributed by atoms with Crippen molar-refractivity contribution in [1.82, 2.24) is 9.88 Å². The van der Waals surface area contributed by atoms with E-state index in [1.807, 2.05) is 12.4 Å². The maximum atomic E-state index is 11.4. The van der Waals surface area contributed by atoms with Crippen molar-refractivity contribution in [1.29, 1.82) is 0 Å². The average Bonchev–Trinajstić information content (AvgIpc) is 2.99. The molecule has 0 saturated carbocycles. The van der Waals surface area contributed by atoms with Gasteiger partial charge in [0.05, 0.1) is 23.7 Å². The van der Waals surface area contributed by atoms with Crippen molar-refractivity contribution in [3.8, 4) is 0 Å². The van der Waals surface area contributed by atoms with Crippen LogP contribution in [-0.2, 0) is 17.9 Å². The third kappa shape index (κ3) is 4.33. The molecule has 1 aromatic carbocycles. The van der Waals surface area contributed by atoms with Gasteiger partial charge in [-0.15, -0.1) is 11.3 Å². The zero-order valence-electron chi connectivity index (χ0n) is 14.0.